The molecule has 1 unspecified atom stereocenters. The zero-order valence-electron chi connectivity index (χ0n) is 11.4. The lowest BCUT2D eigenvalue weighted by atomic mass is 9.90. The van der Waals surface area contributed by atoms with Crippen LogP contribution in [0.15, 0.2) is 24.3 Å². The number of hydrogen-bond acceptors (Lipinski definition) is 3. The van der Waals surface area contributed by atoms with E-state index in [0.29, 0.717) is 6.54 Å². The quantitative estimate of drug-likeness (QED) is 0.767. The maximum atomic E-state index is 12.2. The van der Waals surface area contributed by atoms with E-state index >= 15 is 0 Å². The second-order valence-electron chi connectivity index (χ2n) is 5.38. The van der Waals surface area contributed by atoms with Crippen molar-refractivity contribution in [3.05, 3.63) is 35.4 Å². The summed E-state index contributed by atoms with van der Waals surface area (Å²) < 4.78 is 0. The number of nitrogens with one attached hydrogen (secondary N) is 2. The molecule has 19 heavy (non-hydrogen) atoms. The van der Waals surface area contributed by atoms with Gasteiger partial charge in [-0.2, -0.15) is 0 Å². The van der Waals surface area contributed by atoms with Crippen LogP contribution in [-0.2, 0) is 17.9 Å². The highest BCUT2D eigenvalue weighted by atomic mass is 16.3. The Bertz CT molecular complexity index is 440. The summed E-state index contributed by atoms with van der Waals surface area (Å²) in [6, 6.07) is 7.63. The van der Waals surface area contributed by atoms with E-state index in [2.05, 4.69) is 10.6 Å². The van der Waals surface area contributed by atoms with E-state index in [-0.39, 0.29) is 12.5 Å². The van der Waals surface area contributed by atoms with Crippen LogP contribution < -0.4 is 10.6 Å². The lowest BCUT2D eigenvalue weighted by Gasteiger charge is -2.33. The summed E-state index contributed by atoms with van der Waals surface area (Å²) in [4.78, 5) is 12.2. The third-order valence-electron chi connectivity index (χ3n) is 3.75. The largest absolute Gasteiger partial charge is 0.392 e. The summed E-state index contributed by atoms with van der Waals surface area (Å²) in [7, 11) is 0. The molecule has 1 atom stereocenters. The molecule has 1 fully saturated rings. The smallest absolute Gasteiger partial charge is 0.240 e. The van der Waals surface area contributed by atoms with Crippen LogP contribution in [0.2, 0.25) is 0 Å². The molecule has 1 aromatic carbocycles. The van der Waals surface area contributed by atoms with Gasteiger partial charge in [0.25, 0.3) is 0 Å². The normalized spacial score (nSPS) is 23.1. The molecule has 3 N–H and O–H groups in total. The Morgan fingerprint density at radius 1 is 1.42 bits per heavy atom. The zero-order chi connectivity index (χ0) is 13.7. The van der Waals surface area contributed by atoms with E-state index in [1.54, 1.807) is 0 Å². The molecule has 4 nitrogen and oxygen atoms in total. The molecular weight excluding hydrogens is 240 g/mol. The topological polar surface area (TPSA) is 61.4 Å². The Balaban J connectivity index is 1.92. The third-order valence-corrected chi connectivity index (χ3v) is 3.75. The minimum absolute atomic E-state index is 0.0288. The highest BCUT2D eigenvalue weighted by molar-refractivity contribution is 5.85. The first-order chi connectivity index (χ1) is 9.14. The van der Waals surface area contributed by atoms with Crippen molar-refractivity contribution in [3.63, 3.8) is 0 Å². The Hall–Kier alpha value is -1.39. The molecule has 0 bridgehead atoms. The van der Waals surface area contributed by atoms with Crippen molar-refractivity contribution in [2.24, 2.45) is 0 Å². The molecule has 1 saturated heterocycles. The van der Waals surface area contributed by atoms with Gasteiger partial charge in [-0.1, -0.05) is 24.3 Å². The van der Waals surface area contributed by atoms with Gasteiger partial charge in [0, 0.05) is 6.54 Å². The van der Waals surface area contributed by atoms with Crippen LogP contribution in [0.3, 0.4) is 0 Å². The Labute approximate surface area is 114 Å². The summed E-state index contributed by atoms with van der Waals surface area (Å²) >= 11 is 0. The maximum absolute atomic E-state index is 12.2. The van der Waals surface area contributed by atoms with Gasteiger partial charge >= 0.3 is 0 Å². The fraction of sp³-hybridized carbons (Fsp3) is 0.533. The standard InChI is InChI=1S/C15H22N2O2/c1-15(7-2-3-8-17-15)14(19)16-10-12-5-4-6-13(9-12)11-18/h4-6,9,17-18H,2-3,7-8,10-11H2,1H3,(H,16,19). The van der Waals surface area contributed by atoms with Gasteiger partial charge in [0.2, 0.25) is 5.91 Å². The second kappa shape index (κ2) is 6.17. The van der Waals surface area contributed by atoms with Gasteiger partial charge in [0.15, 0.2) is 0 Å². The molecule has 0 saturated carbocycles. The number of carbonyl (C=O) groups excluding carboxylic acids is 1. The first kappa shape index (κ1) is 14.0. The van der Waals surface area contributed by atoms with Gasteiger partial charge in [-0.3, -0.25) is 4.79 Å². The molecule has 0 radical (unpaired) electrons. The summed E-state index contributed by atoms with van der Waals surface area (Å²) in [5.74, 6) is 0.0570. The van der Waals surface area contributed by atoms with Crippen LogP contribution in [0, 0.1) is 0 Å². The maximum Gasteiger partial charge on any atom is 0.240 e. The van der Waals surface area contributed by atoms with Gasteiger partial charge in [-0.25, -0.2) is 0 Å². The van der Waals surface area contributed by atoms with Gasteiger partial charge in [0.1, 0.15) is 0 Å². The van der Waals surface area contributed by atoms with Crippen LogP contribution in [0.25, 0.3) is 0 Å². The summed E-state index contributed by atoms with van der Waals surface area (Å²) in [6.07, 6.45) is 3.12. The first-order valence-corrected chi connectivity index (χ1v) is 6.86. The highest BCUT2D eigenvalue weighted by Gasteiger charge is 2.33. The number of hydrogen-bond donors (Lipinski definition) is 3. The predicted molar refractivity (Wildman–Crippen MR) is 74.5 cm³/mol. The molecule has 0 aromatic heterocycles. The number of carbonyl (C=O) groups is 1. The fourth-order valence-corrected chi connectivity index (χ4v) is 2.47. The molecule has 1 aromatic rings. The van der Waals surface area contributed by atoms with E-state index in [1.165, 1.54) is 0 Å². The van der Waals surface area contributed by atoms with Crippen LogP contribution in [0.5, 0.6) is 0 Å². The average Bonchev–Trinajstić information content (AvgIpc) is 2.45. The highest BCUT2D eigenvalue weighted by Crippen LogP contribution is 2.18. The number of rotatable bonds is 4. The molecule has 104 valence electrons. The molecular formula is C15H22N2O2. The molecule has 4 heteroatoms. The van der Waals surface area contributed by atoms with E-state index in [4.69, 9.17) is 5.11 Å². The number of piperidine rings is 1. The van der Waals surface area contributed by atoms with Gasteiger partial charge in [-0.05, 0) is 43.9 Å². The molecule has 1 amide bonds. The summed E-state index contributed by atoms with van der Waals surface area (Å²) in [5, 5.41) is 15.4. The Morgan fingerprint density at radius 2 is 2.21 bits per heavy atom. The SMILES string of the molecule is CC1(C(=O)NCc2cccc(CO)c2)CCCCN1. The van der Waals surface area contributed by atoms with Crippen molar-refractivity contribution in [2.45, 2.75) is 44.9 Å². The predicted octanol–water partition coefficient (Wildman–Crippen LogP) is 1.33. The van der Waals surface area contributed by atoms with Crippen molar-refractivity contribution < 1.29 is 9.90 Å². The van der Waals surface area contributed by atoms with Crippen LogP contribution >= 0.6 is 0 Å². The molecule has 1 aliphatic rings. The van der Waals surface area contributed by atoms with E-state index in [1.807, 2.05) is 31.2 Å². The number of amides is 1. The average molecular weight is 262 g/mol. The first-order valence-electron chi connectivity index (χ1n) is 6.86. The van der Waals surface area contributed by atoms with E-state index in [9.17, 15) is 4.79 Å². The van der Waals surface area contributed by atoms with Gasteiger partial charge in [0.05, 0.1) is 12.1 Å². The molecule has 1 heterocycles. The molecule has 2 rings (SSSR count). The van der Waals surface area contributed by atoms with Crippen molar-refractivity contribution >= 4 is 5.91 Å². The minimum Gasteiger partial charge on any atom is -0.392 e. The van der Waals surface area contributed by atoms with E-state index < -0.39 is 5.54 Å². The lowest BCUT2D eigenvalue weighted by molar-refractivity contribution is -0.128. The van der Waals surface area contributed by atoms with Crippen LogP contribution in [0.1, 0.15) is 37.3 Å². The monoisotopic (exact) mass is 262 g/mol. The van der Waals surface area contributed by atoms with Crippen molar-refractivity contribution in [1.82, 2.24) is 10.6 Å². The lowest BCUT2D eigenvalue weighted by Crippen LogP contribution is -2.56. The van der Waals surface area contributed by atoms with E-state index in [0.717, 1.165) is 36.9 Å². The Morgan fingerprint density at radius 3 is 2.89 bits per heavy atom. The number of benzene rings is 1. The summed E-state index contributed by atoms with van der Waals surface area (Å²) in [6.45, 7) is 3.40. The van der Waals surface area contributed by atoms with Crippen LogP contribution in [-0.4, -0.2) is 23.1 Å². The molecule has 0 aliphatic carbocycles. The number of aliphatic hydroxyl groups is 1. The van der Waals surface area contributed by atoms with Crippen molar-refractivity contribution in [3.8, 4) is 0 Å². The zero-order valence-corrected chi connectivity index (χ0v) is 11.4. The van der Waals surface area contributed by atoms with Crippen molar-refractivity contribution in [2.75, 3.05) is 6.54 Å². The number of aliphatic hydroxyl groups excluding tert-OH is 1. The fourth-order valence-electron chi connectivity index (χ4n) is 2.47. The molecule has 0 spiro atoms. The van der Waals surface area contributed by atoms with Gasteiger partial charge < -0.3 is 15.7 Å². The second-order valence-corrected chi connectivity index (χ2v) is 5.38. The molecule has 1 aliphatic heterocycles. The third kappa shape index (κ3) is 3.55. The van der Waals surface area contributed by atoms with Crippen LogP contribution in [0.4, 0.5) is 0 Å². The minimum atomic E-state index is -0.438. The summed E-state index contributed by atoms with van der Waals surface area (Å²) in [5.41, 5.74) is 1.44. The van der Waals surface area contributed by atoms with Gasteiger partial charge in [-0.15, -0.1) is 0 Å². The van der Waals surface area contributed by atoms with Crippen molar-refractivity contribution in [1.29, 1.82) is 0 Å². The Kier molecular flexibility index (Phi) is 4.56.